The summed E-state index contributed by atoms with van der Waals surface area (Å²) in [6.45, 7) is 0. The van der Waals surface area contributed by atoms with Crippen molar-refractivity contribution in [3.63, 3.8) is 0 Å². The molecule has 21 heavy (non-hydrogen) atoms. The Morgan fingerprint density at radius 3 is 2.33 bits per heavy atom. The molecule has 6 nitrogen and oxygen atoms in total. The molecule has 3 rings (SSSR count). The SMILES string of the molecule is NP1(Oc2ccccc2Oc2ccccc2)=NP=NP=N1. The molecule has 106 valence electrons. The highest BCUT2D eigenvalue weighted by molar-refractivity contribution is 7.67. The van der Waals surface area contributed by atoms with Gasteiger partial charge < -0.3 is 9.26 Å². The maximum Gasteiger partial charge on any atom is 0.334 e. The molecule has 0 aliphatic carbocycles. The molecule has 0 saturated heterocycles. The van der Waals surface area contributed by atoms with Gasteiger partial charge in [-0.05, 0) is 24.3 Å². The van der Waals surface area contributed by atoms with E-state index in [1.807, 2.05) is 48.5 Å². The average molecular weight is 336 g/mol. The zero-order valence-electron chi connectivity index (χ0n) is 10.8. The predicted octanol–water partition coefficient (Wildman–Crippen LogP) is 5.87. The van der Waals surface area contributed by atoms with Crippen LogP contribution >= 0.6 is 24.6 Å². The van der Waals surface area contributed by atoms with E-state index in [4.69, 9.17) is 14.8 Å². The van der Waals surface area contributed by atoms with Crippen molar-refractivity contribution >= 4 is 24.6 Å². The van der Waals surface area contributed by atoms with Gasteiger partial charge in [-0.1, -0.05) is 30.3 Å². The molecule has 2 N–H and O–H groups in total. The molecule has 0 saturated carbocycles. The largest absolute Gasteiger partial charge is 0.453 e. The zero-order chi connectivity index (χ0) is 14.5. The molecule has 2 aromatic carbocycles. The van der Waals surface area contributed by atoms with E-state index < -0.39 is 7.58 Å². The van der Waals surface area contributed by atoms with Gasteiger partial charge in [0, 0.05) is 0 Å². The summed E-state index contributed by atoms with van der Waals surface area (Å²) in [6.07, 6.45) is 0. The fourth-order valence-electron chi connectivity index (χ4n) is 1.59. The van der Waals surface area contributed by atoms with Gasteiger partial charge in [-0.25, -0.2) is 5.50 Å². The second-order valence-corrected chi connectivity index (χ2v) is 7.85. The van der Waals surface area contributed by atoms with Gasteiger partial charge in [-0.15, -0.1) is 0 Å². The topological polar surface area (TPSA) is 81.6 Å². The van der Waals surface area contributed by atoms with E-state index in [-0.39, 0.29) is 0 Å². The average Bonchev–Trinajstić information content (AvgIpc) is 2.51. The molecular weight excluding hydrogens is 325 g/mol. The monoisotopic (exact) mass is 336 g/mol. The van der Waals surface area contributed by atoms with Crippen molar-refractivity contribution in [2.45, 2.75) is 0 Å². The maximum atomic E-state index is 6.08. The van der Waals surface area contributed by atoms with Crippen LogP contribution in [-0.4, -0.2) is 0 Å². The number of para-hydroxylation sites is 3. The number of nitrogens with two attached hydrogens (primary N) is 1. The zero-order valence-corrected chi connectivity index (χ0v) is 13.5. The van der Waals surface area contributed by atoms with Gasteiger partial charge in [0.2, 0.25) is 0 Å². The highest BCUT2D eigenvalue weighted by Crippen LogP contribution is 2.54. The normalized spacial score (nSPS) is 21.4. The second-order valence-electron chi connectivity index (χ2n) is 3.99. The molecule has 0 spiro atoms. The van der Waals surface area contributed by atoms with Crippen LogP contribution in [0.25, 0.3) is 0 Å². The molecule has 1 heterocycles. The molecule has 0 amide bonds. The van der Waals surface area contributed by atoms with E-state index in [1.54, 1.807) is 6.07 Å². The molecule has 1 unspecified atom stereocenters. The first kappa shape index (κ1) is 14.4. The number of rotatable bonds is 4. The fourth-order valence-corrected chi connectivity index (χ4v) is 4.78. The molecule has 1 atom stereocenters. The first-order chi connectivity index (χ1) is 10.3. The summed E-state index contributed by atoms with van der Waals surface area (Å²) in [4.78, 5) is 0. The fraction of sp³-hybridized carbons (Fsp3) is 0. The highest BCUT2D eigenvalue weighted by Gasteiger charge is 2.19. The first-order valence-corrected chi connectivity index (χ1v) is 9.27. The summed E-state index contributed by atoms with van der Waals surface area (Å²) in [6, 6.07) is 16.8. The van der Waals surface area contributed by atoms with Crippen molar-refractivity contribution in [1.82, 2.24) is 0 Å². The van der Waals surface area contributed by atoms with Gasteiger partial charge in [0.05, 0.1) is 0 Å². The van der Waals surface area contributed by atoms with Crippen molar-refractivity contribution in [1.29, 1.82) is 0 Å². The van der Waals surface area contributed by atoms with Crippen LogP contribution in [0, 0.1) is 0 Å². The summed E-state index contributed by atoms with van der Waals surface area (Å²) in [5.41, 5.74) is 6.08. The lowest BCUT2D eigenvalue weighted by molar-refractivity contribution is 0.454. The van der Waals surface area contributed by atoms with Gasteiger partial charge >= 0.3 is 7.58 Å². The molecule has 0 aromatic heterocycles. The molecule has 1 aliphatic rings. The van der Waals surface area contributed by atoms with Crippen molar-refractivity contribution in [2.24, 2.45) is 19.1 Å². The maximum absolute atomic E-state index is 6.08. The molecule has 2 aromatic rings. The van der Waals surface area contributed by atoms with Crippen LogP contribution < -0.4 is 14.8 Å². The number of ether oxygens (including phenoxy) is 1. The molecular formula is C12H11N4O2P3. The van der Waals surface area contributed by atoms with Crippen LogP contribution in [0.3, 0.4) is 0 Å². The predicted molar refractivity (Wildman–Crippen MR) is 85.8 cm³/mol. The summed E-state index contributed by atoms with van der Waals surface area (Å²) in [7, 11) is -1.55. The highest BCUT2D eigenvalue weighted by atomic mass is 31.2. The van der Waals surface area contributed by atoms with Gasteiger partial charge in [-0.3, -0.25) is 0 Å². The Morgan fingerprint density at radius 1 is 0.905 bits per heavy atom. The number of hydrogen-bond donors (Lipinski definition) is 1. The molecule has 0 bridgehead atoms. The van der Waals surface area contributed by atoms with Crippen LogP contribution in [0.5, 0.6) is 17.2 Å². The first-order valence-electron chi connectivity index (χ1n) is 5.99. The van der Waals surface area contributed by atoms with Crippen LogP contribution in [-0.2, 0) is 0 Å². The van der Waals surface area contributed by atoms with Crippen molar-refractivity contribution in [3.8, 4) is 17.2 Å². The standard InChI is InChI=1S/C12H11N4O2P3/c13-21(15-19-14-20-16-21)18-12-9-5-4-8-11(12)17-10-6-2-1-3-7-10/h1-9H,13H2. The lowest BCUT2D eigenvalue weighted by Gasteiger charge is -2.17. The third-order valence-corrected chi connectivity index (χ3v) is 6.27. The van der Waals surface area contributed by atoms with Crippen LogP contribution in [0.15, 0.2) is 68.1 Å². The van der Waals surface area contributed by atoms with E-state index in [9.17, 15) is 0 Å². The van der Waals surface area contributed by atoms with Gasteiger partial charge in [0.15, 0.2) is 28.5 Å². The Labute approximate surface area is 125 Å². The van der Waals surface area contributed by atoms with Gasteiger partial charge in [0.25, 0.3) is 0 Å². The Morgan fingerprint density at radius 2 is 1.62 bits per heavy atom. The minimum absolute atomic E-state index is 0.525. The Bertz CT molecular complexity index is 749. The van der Waals surface area contributed by atoms with E-state index in [0.717, 1.165) is 5.75 Å². The van der Waals surface area contributed by atoms with Crippen molar-refractivity contribution < 1.29 is 9.26 Å². The van der Waals surface area contributed by atoms with Crippen LogP contribution in [0.4, 0.5) is 0 Å². The number of hydrogen-bond acceptors (Lipinski definition) is 6. The molecule has 0 fully saturated rings. The summed E-state index contributed by atoms with van der Waals surface area (Å²) >= 11 is 0. The Balaban J connectivity index is 1.88. The molecule has 0 radical (unpaired) electrons. The second kappa shape index (κ2) is 6.46. The number of benzene rings is 2. The molecule has 9 heteroatoms. The summed E-state index contributed by atoms with van der Waals surface area (Å²) < 4.78 is 23.9. The summed E-state index contributed by atoms with van der Waals surface area (Å²) in [5, 5.41) is 0. The van der Waals surface area contributed by atoms with Gasteiger partial charge in [0.1, 0.15) is 5.75 Å². The lowest BCUT2D eigenvalue weighted by Crippen LogP contribution is -2.00. The van der Waals surface area contributed by atoms with Gasteiger partial charge in [-0.2, -0.15) is 13.5 Å². The minimum atomic E-state index is -2.67. The third-order valence-electron chi connectivity index (χ3n) is 2.47. The Kier molecular flexibility index (Phi) is 4.42. The third kappa shape index (κ3) is 3.75. The van der Waals surface area contributed by atoms with Crippen molar-refractivity contribution in [3.05, 3.63) is 54.6 Å². The van der Waals surface area contributed by atoms with E-state index >= 15 is 0 Å². The smallest absolute Gasteiger partial charge is 0.334 e. The lowest BCUT2D eigenvalue weighted by atomic mass is 10.3. The quantitative estimate of drug-likeness (QED) is 0.709. The van der Waals surface area contributed by atoms with Crippen molar-refractivity contribution in [2.75, 3.05) is 0 Å². The van der Waals surface area contributed by atoms with E-state index in [2.05, 4.69) is 13.5 Å². The van der Waals surface area contributed by atoms with E-state index in [1.165, 1.54) is 0 Å². The number of nitrogens with zero attached hydrogens (tertiary/aromatic N) is 3. The van der Waals surface area contributed by atoms with Crippen LogP contribution in [0.2, 0.25) is 0 Å². The van der Waals surface area contributed by atoms with Crippen LogP contribution in [0.1, 0.15) is 0 Å². The summed E-state index contributed by atoms with van der Waals surface area (Å²) in [5.74, 6) is 1.83. The van der Waals surface area contributed by atoms with E-state index in [0.29, 0.717) is 28.5 Å². The molecule has 1 aliphatic heterocycles. The minimum Gasteiger partial charge on any atom is -0.453 e. The Hall–Kier alpha value is -1.57.